The first-order valence-corrected chi connectivity index (χ1v) is 11.7. The van der Waals surface area contributed by atoms with Crippen molar-refractivity contribution >= 4 is 34.6 Å². The van der Waals surface area contributed by atoms with Crippen LogP contribution in [0, 0.1) is 5.82 Å². The minimum absolute atomic E-state index is 0.0254. The number of halogens is 5. The number of anilines is 1. The van der Waals surface area contributed by atoms with Crippen LogP contribution >= 0.6 is 11.6 Å². The molecule has 8 nitrogen and oxygen atoms in total. The number of nitrogens with zero attached hydrogens (tertiary/aromatic N) is 6. The lowest BCUT2D eigenvalue weighted by Gasteiger charge is -2.11. The van der Waals surface area contributed by atoms with Gasteiger partial charge >= 0.3 is 6.18 Å². The van der Waals surface area contributed by atoms with Crippen molar-refractivity contribution in [1.29, 1.82) is 0 Å². The lowest BCUT2D eigenvalue weighted by Crippen LogP contribution is -2.19. The summed E-state index contributed by atoms with van der Waals surface area (Å²) in [6.07, 6.45) is -1.12. The van der Waals surface area contributed by atoms with Crippen LogP contribution in [0.1, 0.15) is 15.9 Å². The molecule has 1 amide bonds. The number of fused-ring (bicyclic) bond motifs is 2. The summed E-state index contributed by atoms with van der Waals surface area (Å²) >= 11 is 5.74. The highest BCUT2D eigenvalue weighted by molar-refractivity contribution is 6.29. The molecular formula is C26H14ClF4N7O. The van der Waals surface area contributed by atoms with E-state index in [0.717, 1.165) is 6.07 Å². The summed E-state index contributed by atoms with van der Waals surface area (Å²) in [5, 5.41) is 6.70. The van der Waals surface area contributed by atoms with Gasteiger partial charge in [-0.05, 0) is 54.6 Å². The van der Waals surface area contributed by atoms with Crippen molar-refractivity contribution in [2.24, 2.45) is 0 Å². The Kier molecular flexibility index (Phi) is 5.76. The highest BCUT2D eigenvalue weighted by atomic mass is 35.5. The first kappa shape index (κ1) is 24.5. The predicted molar refractivity (Wildman–Crippen MR) is 135 cm³/mol. The Labute approximate surface area is 221 Å². The molecule has 1 aromatic carbocycles. The van der Waals surface area contributed by atoms with E-state index in [1.165, 1.54) is 22.8 Å². The van der Waals surface area contributed by atoms with Crippen LogP contribution in [0.3, 0.4) is 0 Å². The van der Waals surface area contributed by atoms with Crippen molar-refractivity contribution in [1.82, 2.24) is 29.0 Å². The number of nitrogens with one attached hydrogen (secondary N) is 1. The van der Waals surface area contributed by atoms with Gasteiger partial charge in [-0.15, -0.1) is 0 Å². The zero-order valence-electron chi connectivity index (χ0n) is 19.5. The number of aromatic nitrogens is 6. The van der Waals surface area contributed by atoms with E-state index in [1.807, 2.05) is 28.8 Å². The summed E-state index contributed by atoms with van der Waals surface area (Å²) < 4.78 is 57.0. The summed E-state index contributed by atoms with van der Waals surface area (Å²) in [6, 6.07) is 15.6. The highest BCUT2D eigenvalue weighted by Gasteiger charge is 2.36. The molecule has 1 N–H and O–H groups in total. The van der Waals surface area contributed by atoms with Crippen LogP contribution in [-0.2, 0) is 6.18 Å². The van der Waals surface area contributed by atoms with Crippen LogP contribution in [0.4, 0.5) is 23.4 Å². The Morgan fingerprint density at radius 2 is 1.77 bits per heavy atom. The maximum absolute atomic E-state index is 13.6. The molecule has 0 atom stereocenters. The number of hydrogen-bond acceptors (Lipinski definition) is 5. The van der Waals surface area contributed by atoms with Crippen LogP contribution in [0.2, 0.25) is 5.15 Å². The number of amides is 1. The van der Waals surface area contributed by atoms with Crippen molar-refractivity contribution in [3.05, 3.63) is 101 Å². The van der Waals surface area contributed by atoms with Gasteiger partial charge in [-0.2, -0.15) is 18.3 Å². The van der Waals surface area contributed by atoms with Gasteiger partial charge in [-0.1, -0.05) is 17.7 Å². The molecule has 6 aromatic rings. The van der Waals surface area contributed by atoms with E-state index in [2.05, 4.69) is 20.4 Å². The van der Waals surface area contributed by atoms with E-state index in [4.69, 9.17) is 16.6 Å². The van der Waals surface area contributed by atoms with E-state index in [0.29, 0.717) is 40.1 Å². The SMILES string of the molecule is O=C(Nc1cn2nc(-c3c(-c4ccc(F)cc4)nc4ccccn34)ccc2n1)c1cc(Cl)ncc1C(F)(F)F. The van der Waals surface area contributed by atoms with Crippen LogP contribution in [0.15, 0.2) is 79.3 Å². The molecule has 39 heavy (non-hydrogen) atoms. The minimum atomic E-state index is -4.81. The van der Waals surface area contributed by atoms with Gasteiger partial charge in [0, 0.05) is 18.0 Å². The topological polar surface area (TPSA) is 89.5 Å². The van der Waals surface area contributed by atoms with Gasteiger partial charge in [-0.25, -0.2) is 23.9 Å². The third-order valence-corrected chi connectivity index (χ3v) is 6.08. The van der Waals surface area contributed by atoms with Crippen molar-refractivity contribution < 1.29 is 22.4 Å². The Hall–Kier alpha value is -4.84. The Bertz CT molecular complexity index is 1880. The number of benzene rings is 1. The molecule has 0 aliphatic heterocycles. The molecule has 0 spiro atoms. The first-order valence-electron chi connectivity index (χ1n) is 11.3. The molecule has 0 bridgehead atoms. The number of rotatable bonds is 4. The van der Waals surface area contributed by atoms with E-state index < -0.39 is 23.2 Å². The number of imidazole rings is 2. The van der Waals surface area contributed by atoms with Crippen molar-refractivity contribution in [3.63, 3.8) is 0 Å². The molecule has 0 saturated carbocycles. The van der Waals surface area contributed by atoms with Gasteiger partial charge < -0.3 is 5.32 Å². The Balaban J connectivity index is 1.40. The average Bonchev–Trinajstić information content (AvgIpc) is 3.48. The molecule has 13 heteroatoms. The largest absolute Gasteiger partial charge is 0.418 e. The van der Waals surface area contributed by atoms with Crippen LogP contribution in [-0.4, -0.2) is 34.9 Å². The summed E-state index contributed by atoms with van der Waals surface area (Å²) in [5.74, 6) is -1.47. The number of hydrogen-bond donors (Lipinski definition) is 1. The van der Waals surface area contributed by atoms with Crippen molar-refractivity contribution in [2.45, 2.75) is 6.18 Å². The standard InChI is InChI=1S/C26H14ClF4N7O/c27-19-11-16(17(12-32-19)26(29,30)31)25(39)34-20-13-38-22(33-20)9-8-18(36-38)24-23(14-4-6-15(28)7-5-14)35-21-3-1-2-10-37(21)24/h1-13H,(H,34,39). The van der Waals surface area contributed by atoms with Gasteiger partial charge in [-0.3, -0.25) is 9.20 Å². The molecule has 0 fully saturated rings. The van der Waals surface area contributed by atoms with E-state index in [-0.39, 0.29) is 16.8 Å². The summed E-state index contributed by atoms with van der Waals surface area (Å²) in [6.45, 7) is 0. The molecule has 0 unspecified atom stereocenters. The third-order valence-electron chi connectivity index (χ3n) is 5.87. The molecule has 5 heterocycles. The van der Waals surface area contributed by atoms with Crippen LogP contribution in [0.25, 0.3) is 33.9 Å². The summed E-state index contributed by atoms with van der Waals surface area (Å²) in [7, 11) is 0. The lowest BCUT2D eigenvalue weighted by atomic mass is 10.1. The number of pyridine rings is 2. The highest BCUT2D eigenvalue weighted by Crippen LogP contribution is 2.34. The fraction of sp³-hybridized carbons (Fsp3) is 0.0385. The maximum Gasteiger partial charge on any atom is 0.418 e. The quantitative estimate of drug-likeness (QED) is 0.209. The summed E-state index contributed by atoms with van der Waals surface area (Å²) in [4.78, 5) is 25.1. The smallest absolute Gasteiger partial charge is 0.305 e. The monoisotopic (exact) mass is 551 g/mol. The van der Waals surface area contributed by atoms with Crippen molar-refractivity contribution in [2.75, 3.05) is 5.32 Å². The van der Waals surface area contributed by atoms with Gasteiger partial charge in [0.05, 0.1) is 23.0 Å². The third kappa shape index (κ3) is 4.55. The van der Waals surface area contributed by atoms with Gasteiger partial charge in [0.1, 0.15) is 28.0 Å². The second kappa shape index (κ2) is 9.17. The lowest BCUT2D eigenvalue weighted by molar-refractivity contribution is -0.138. The predicted octanol–water partition coefficient (Wildman–Crippen LogP) is 6.17. The number of carbonyl (C=O) groups is 1. The fourth-order valence-corrected chi connectivity index (χ4v) is 4.30. The second-order valence-corrected chi connectivity index (χ2v) is 8.78. The van der Waals surface area contributed by atoms with Gasteiger partial charge in [0.25, 0.3) is 5.91 Å². The zero-order valence-corrected chi connectivity index (χ0v) is 20.2. The molecule has 0 saturated heterocycles. The summed E-state index contributed by atoms with van der Waals surface area (Å²) in [5.41, 5.74) is 1.40. The molecule has 0 aliphatic rings. The molecule has 5 aromatic heterocycles. The molecule has 0 radical (unpaired) electrons. The van der Waals surface area contributed by atoms with E-state index in [9.17, 15) is 22.4 Å². The number of carbonyl (C=O) groups excluding carboxylic acids is 1. The molecule has 194 valence electrons. The second-order valence-electron chi connectivity index (χ2n) is 8.40. The fourth-order valence-electron chi connectivity index (χ4n) is 4.15. The van der Waals surface area contributed by atoms with E-state index >= 15 is 0 Å². The molecule has 6 rings (SSSR count). The average molecular weight is 552 g/mol. The first-order chi connectivity index (χ1) is 18.7. The normalized spacial score (nSPS) is 11.8. The zero-order chi connectivity index (χ0) is 27.3. The Morgan fingerprint density at radius 1 is 0.974 bits per heavy atom. The Morgan fingerprint density at radius 3 is 2.54 bits per heavy atom. The van der Waals surface area contributed by atoms with Crippen molar-refractivity contribution in [3.8, 4) is 22.6 Å². The van der Waals surface area contributed by atoms with E-state index in [1.54, 1.807) is 24.3 Å². The molecular weight excluding hydrogens is 538 g/mol. The minimum Gasteiger partial charge on any atom is -0.305 e. The van der Waals surface area contributed by atoms with Crippen LogP contribution < -0.4 is 5.32 Å². The number of alkyl halides is 3. The van der Waals surface area contributed by atoms with Crippen LogP contribution in [0.5, 0.6) is 0 Å². The molecule has 0 aliphatic carbocycles. The van der Waals surface area contributed by atoms with Gasteiger partial charge in [0.15, 0.2) is 11.5 Å². The van der Waals surface area contributed by atoms with Gasteiger partial charge in [0.2, 0.25) is 0 Å². The maximum atomic E-state index is 13.6.